The van der Waals surface area contributed by atoms with Gasteiger partial charge in [-0.15, -0.1) is 0 Å². The van der Waals surface area contributed by atoms with E-state index in [0.717, 1.165) is 30.8 Å². The topological polar surface area (TPSA) is 59.0 Å². The average Bonchev–Trinajstić information content (AvgIpc) is 2.62. The van der Waals surface area contributed by atoms with Crippen molar-refractivity contribution in [3.8, 4) is 0 Å². The fraction of sp³-hybridized carbons (Fsp3) is 0.444. The van der Waals surface area contributed by atoms with Crippen LogP contribution in [0.3, 0.4) is 0 Å². The first kappa shape index (κ1) is 18.4. The molecule has 0 saturated heterocycles. The summed E-state index contributed by atoms with van der Waals surface area (Å²) >= 11 is 0. The highest BCUT2D eigenvalue weighted by atomic mass is 19.4. The molecule has 0 aliphatic carbocycles. The number of nitrogens with one attached hydrogen (secondary N) is 2. The molecule has 2 N–H and O–H groups in total. The smallest absolute Gasteiger partial charge is 0.351 e. The summed E-state index contributed by atoms with van der Waals surface area (Å²) in [5.74, 6) is 0.470. The molecule has 1 aliphatic heterocycles. The van der Waals surface area contributed by atoms with Crippen molar-refractivity contribution in [1.29, 1.82) is 0 Å². The van der Waals surface area contributed by atoms with Crippen LogP contribution in [0.5, 0.6) is 0 Å². The van der Waals surface area contributed by atoms with Gasteiger partial charge in [-0.05, 0) is 24.1 Å². The summed E-state index contributed by atoms with van der Waals surface area (Å²) in [4.78, 5) is 17.3. The van der Waals surface area contributed by atoms with Crippen molar-refractivity contribution in [2.24, 2.45) is 0 Å². The van der Waals surface area contributed by atoms with Crippen molar-refractivity contribution in [1.82, 2.24) is 14.9 Å². The molecule has 0 fully saturated rings. The van der Waals surface area contributed by atoms with Gasteiger partial charge in [-0.3, -0.25) is 9.36 Å². The number of alkyl halides is 3. The molecule has 8 heteroatoms. The van der Waals surface area contributed by atoms with E-state index in [1.165, 1.54) is 12.1 Å². The van der Waals surface area contributed by atoms with E-state index in [2.05, 4.69) is 15.6 Å². The molecule has 140 valence electrons. The van der Waals surface area contributed by atoms with Crippen LogP contribution in [0.2, 0.25) is 0 Å². The first-order valence-corrected chi connectivity index (χ1v) is 8.63. The molecule has 0 unspecified atom stereocenters. The van der Waals surface area contributed by atoms with Crippen molar-refractivity contribution in [2.75, 3.05) is 11.9 Å². The first-order valence-electron chi connectivity index (χ1n) is 8.63. The Morgan fingerprint density at radius 1 is 1.27 bits per heavy atom. The van der Waals surface area contributed by atoms with Crippen LogP contribution in [0.4, 0.5) is 19.1 Å². The number of rotatable bonds is 5. The van der Waals surface area contributed by atoms with Gasteiger partial charge in [0, 0.05) is 32.6 Å². The predicted molar refractivity (Wildman–Crippen MR) is 93.0 cm³/mol. The Bertz CT molecular complexity index is 828. The molecule has 0 spiro atoms. The Morgan fingerprint density at radius 2 is 2.00 bits per heavy atom. The zero-order valence-corrected chi connectivity index (χ0v) is 14.5. The molecular weight excluding hydrogens is 345 g/mol. The molecule has 0 radical (unpaired) electrons. The van der Waals surface area contributed by atoms with Crippen LogP contribution in [0.1, 0.15) is 35.7 Å². The van der Waals surface area contributed by atoms with E-state index in [-0.39, 0.29) is 5.56 Å². The van der Waals surface area contributed by atoms with E-state index in [1.807, 2.05) is 6.92 Å². The lowest BCUT2D eigenvalue weighted by molar-refractivity contribution is -0.137. The Kier molecular flexibility index (Phi) is 5.31. The molecule has 0 atom stereocenters. The molecule has 2 heterocycles. The second-order valence-electron chi connectivity index (χ2n) is 6.29. The Balaban J connectivity index is 1.83. The van der Waals surface area contributed by atoms with Gasteiger partial charge in [0.25, 0.3) is 5.56 Å². The summed E-state index contributed by atoms with van der Waals surface area (Å²) in [5, 5.41) is 6.29. The van der Waals surface area contributed by atoms with Crippen molar-refractivity contribution in [2.45, 2.75) is 45.6 Å². The second-order valence-corrected chi connectivity index (χ2v) is 6.29. The van der Waals surface area contributed by atoms with Gasteiger partial charge in [-0.1, -0.05) is 19.1 Å². The first-order chi connectivity index (χ1) is 12.4. The fourth-order valence-corrected chi connectivity index (χ4v) is 3.00. The highest BCUT2D eigenvalue weighted by Crippen LogP contribution is 2.29. The molecule has 1 aliphatic rings. The minimum Gasteiger partial charge on any atom is -0.351 e. The van der Waals surface area contributed by atoms with Crippen molar-refractivity contribution in [3.63, 3.8) is 0 Å². The van der Waals surface area contributed by atoms with Crippen LogP contribution in [-0.2, 0) is 32.2 Å². The molecule has 5 nitrogen and oxygen atoms in total. The third-order valence-electron chi connectivity index (χ3n) is 4.37. The van der Waals surface area contributed by atoms with Gasteiger partial charge in [-0.2, -0.15) is 13.2 Å². The summed E-state index contributed by atoms with van der Waals surface area (Å²) in [7, 11) is 0. The molecule has 3 rings (SSSR count). The standard InChI is InChI=1S/C18H21F3N4O/c1-2-9-25-16(26)14-11-22-8-7-15(14)24-17(25)23-10-12-3-5-13(6-4-12)18(19,20)21/h3-6,22H,2,7-11H2,1H3,(H,23,24). The number of anilines is 1. The summed E-state index contributed by atoms with van der Waals surface area (Å²) < 4.78 is 39.5. The Hall–Kier alpha value is -2.35. The molecule has 1 aromatic heterocycles. The summed E-state index contributed by atoms with van der Waals surface area (Å²) in [5.41, 5.74) is 1.44. The van der Waals surface area contributed by atoms with Crippen LogP contribution in [0, 0.1) is 0 Å². The zero-order chi connectivity index (χ0) is 18.7. The highest BCUT2D eigenvalue weighted by Gasteiger charge is 2.29. The highest BCUT2D eigenvalue weighted by molar-refractivity contribution is 5.35. The van der Waals surface area contributed by atoms with Gasteiger partial charge in [0.15, 0.2) is 0 Å². The molecule has 1 aromatic carbocycles. The normalized spacial score (nSPS) is 14.2. The molecule has 0 saturated carbocycles. The van der Waals surface area contributed by atoms with Gasteiger partial charge in [0.2, 0.25) is 5.95 Å². The lowest BCUT2D eigenvalue weighted by Gasteiger charge is -2.20. The molecule has 0 bridgehead atoms. The van der Waals surface area contributed by atoms with Gasteiger partial charge in [0.1, 0.15) is 0 Å². The summed E-state index contributed by atoms with van der Waals surface area (Å²) in [6, 6.07) is 4.98. The van der Waals surface area contributed by atoms with Gasteiger partial charge < -0.3 is 10.6 Å². The molecule has 2 aromatic rings. The average molecular weight is 366 g/mol. The van der Waals surface area contributed by atoms with E-state index in [4.69, 9.17) is 0 Å². The van der Waals surface area contributed by atoms with Crippen LogP contribution < -0.4 is 16.2 Å². The third-order valence-corrected chi connectivity index (χ3v) is 4.37. The van der Waals surface area contributed by atoms with E-state index in [9.17, 15) is 18.0 Å². The fourth-order valence-electron chi connectivity index (χ4n) is 3.00. The SMILES string of the molecule is CCCn1c(NCc2ccc(C(F)(F)F)cc2)nc2c(c1=O)CNCC2. The number of nitrogens with zero attached hydrogens (tertiary/aromatic N) is 2. The number of hydrogen-bond acceptors (Lipinski definition) is 4. The second kappa shape index (κ2) is 7.49. The number of aromatic nitrogens is 2. The van der Waals surface area contributed by atoms with E-state index < -0.39 is 11.7 Å². The van der Waals surface area contributed by atoms with E-state index >= 15 is 0 Å². The lowest BCUT2D eigenvalue weighted by Crippen LogP contribution is -2.36. The molecule has 0 amide bonds. The van der Waals surface area contributed by atoms with Crippen LogP contribution in [0.25, 0.3) is 0 Å². The van der Waals surface area contributed by atoms with Crippen LogP contribution >= 0.6 is 0 Å². The minimum absolute atomic E-state index is 0.0565. The zero-order valence-electron chi connectivity index (χ0n) is 14.5. The van der Waals surface area contributed by atoms with Crippen molar-refractivity contribution in [3.05, 3.63) is 57.0 Å². The monoisotopic (exact) mass is 366 g/mol. The quantitative estimate of drug-likeness (QED) is 0.854. The maximum Gasteiger partial charge on any atom is 0.416 e. The van der Waals surface area contributed by atoms with Crippen LogP contribution in [0.15, 0.2) is 29.1 Å². The molecular formula is C18H21F3N4O. The summed E-state index contributed by atoms with van der Waals surface area (Å²) in [6.07, 6.45) is -2.88. The third kappa shape index (κ3) is 3.90. The van der Waals surface area contributed by atoms with Crippen molar-refractivity contribution >= 4 is 5.95 Å². The van der Waals surface area contributed by atoms with E-state index in [0.29, 0.717) is 43.1 Å². The van der Waals surface area contributed by atoms with Crippen LogP contribution in [-0.4, -0.2) is 16.1 Å². The maximum absolute atomic E-state index is 12.7. The number of fused-ring (bicyclic) bond motifs is 1. The number of hydrogen-bond donors (Lipinski definition) is 2. The Morgan fingerprint density at radius 3 is 2.65 bits per heavy atom. The molecule has 26 heavy (non-hydrogen) atoms. The largest absolute Gasteiger partial charge is 0.416 e. The minimum atomic E-state index is -4.35. The van der Waals surface area contributed by atoms with Gasteiger partial charge in [0.05, 0.1) is 16.8 Å². The maximum atomic E-state index is 12.7. The Labute approximate surface area is 149 Å². The van der Waals surface area contributed by atoms with Gasteiger partial charge >= 0.3 is 6.18 Å². The predicted octanol–water partition coefficient (Wildman–Crippen LogP) is 2.93. The van der Waals surface area contributed by atoms with Gasteiger partial charge in [-0.25, -0.2) is 4.98 Å². The number of benzene rings is 1. The van der Waals surface area contributed by atoms with E-state index in [1.54, 1.807) is 4.57 Å². The number of halogens is 3. The lowest BCUT2D eigenvalue weighted by atomic mass is 10.1. The summed E-state index contributed by atoms with van der Waals surface area (Å²) in [6.45, 7) is 4.10. The van der Waals surface area contributed by atoms with Crippen molar-refractivity contribution < 1.29 is 13.2 Å².